The zero-order valence-electron chi connectivity index (χ0n) is 10.5. The van der Waals surface area contributed by atoms with E-state index in [0.29, 0.717) is 20.8 Å². The van der Waals surface area contributed by atoms with Gasteiger partial charge in [0.05, 0.1) is 17.4 Å². The van der Waals surface area contributed by atoms with Crippen molar-refractivity contribution in [3.8, 4) is 0 Å². The van der Waals surface area contributed by atoms with E-state index in [1.54, 1.807) is 30.8 Å². The zero-order valence-corrected chi connectivity index (χ0v) is 12.2. The molecule has 0 saturated heterocycles. The lowest BCUT2D eigenvalue weighted by Gasteiger charge is -2.09. The highest BCUT2D eigenvalue weighted by Crippen LogP contribution is 2.13. The van der Waals surface area contributed by atoms with Crippen molar-refractivity contribution in [3.05, 3.63) is 49.6 Å². The van der Waals surface area contributed by atoms with E-state index < -0.39 is 0 Å². The van der Waals surface area contributed by atoms with Crippen LogP contribution in [0.25, 0.3) is 10.9 Å². The monoisotopic (exact) mass is 306 g/mol. The summed E-state index contributed by atoms with van der Waals surface area (Å²) in [6, 6.07) is 5.13. The van der Waals surface area contributed by atoms with Crippen molar-refractivity contribution in [1.82, 2.24) is 19.3 Å². The zero-order chi connectivity index (χ0) is 14.3. The van der Waals surface area contributed by atoms with Crippen molar-refractivity contribution in [2.45, 2.75) is 11.4 Å². The average molecular weight is 306 g/mol. The maximum Gasteiger partial charge on any atom is 0.331 e. The summed E-state index contributed by atoms with van der Waals surface area (Å²) in [6.07, 6.45) is 0. The molecule has 0 aliphatic rings. The van der Waals surface area contributed by atoms with E-state index in [0.717, 1.165) is 4.57 Å². The molecule has 0 amide bonds. The van der Waals surface area contributed by atoms with Crippen molar-refractivity contribution >= 4 is 34.9 Å². The highest BCUT2D eigenvalue weighted by atomic mass is 32.1. The molecule has 102 valence electrons. The first-order valence-corrected chi connectivity index (χ1v) is 7.08. The molecule has 0 bridgehead atoms. The molecule has 0 spiro atoms. The molecular weight excluding hydrogens is 296 g/mol. The number of aromatic nitrogens is 4. The van der Waals surface area contributed by atoms with E-state index in [4.69, 9.17) is 0 Å². The van der Waals surface area contributed by atoms with Crippen LogP contribution in [0.3, 0.4) is 0 Å². The molecule has 0 aliphatic carbocycles. The molecule has 6 nitrogen and oxygen atoms in total. The number of fused-ring (bicyclic) bond motifs is 1. The Balaban J connectivity index is 2.32. The van der Waals surface area contributed by atoms with Crippen LogP contribution < -0.4 is 11.2 Å². The van der Waals surface area contributed by atoms with Gasteiger partial charge in [0.15, 0.2) is 0 Å². The van der Waals surface area contributed by atoms with Crippen LogP contribution in [0.1, 0.15) is 5.01 Å². The van der Waals surface area contributed by atoms with Gasteiger partial charge in [0.25, 0.3) is 5.56 Å². The van der Waals surface area contributed by atoms with Crippen LogP contribution >= 0.6 is 24.0 Å². The second-order valence-electron chi connectivity index (χ2n) is 4.27. The van der Waals surface area contributed by atoms with Crippen molar-refractivity contribution < 1.29 is 0 Å². The maximum absolute atomic E-state index is 12.5. The molecule has 0 N–H and O–H groups in total. The van der Waals surface area contributed by atoms with E-state index in [-0.39, 0.29) is 17.8 Å². The Hall–Kier alpha value is -1.93. The molecule has 3 aromatic rings. The topological polar surface area (TPSA) is 69.8 Å². The fraction of sp³-hybridized carbons (Fsp3) is 0.167. The maximum atomic E-state index is 12.5. The smallest absolute Gasteiger partial charge is 0.296 e. The third-order valence-corrected chi connectivity index (χ3v) is 3.99. The van der Waals surface area contributed by atoms with Gasteiger partial charge in [-0.1, -0.05) is 0 Å². The van der Waals surface area contributed by atoms with E-state index in [9.17, 15) is 9.59 Å². The summed E-state index contributed by atoms with van der Waals surface area (Å²) in [5, 5.41) is 8.65. The van der Waals surface area contributed by atoms with Crippen LogP contribution in [-0.4, -0.2) is 19.3 Å². The number of benzene rings is 1. The second-order valence-corrected chi connectivity index (χ2v) is 5.70. The van der Waals surface area contributed by atoms with Gasteiger partial charge in [-0.2, -0.15) is 0 Å². The summed E-state index contributed by atoms with van der Waals surface area (Å²) >= 11 is 5.54. The second kappa shape index (κ2) is 4.88. The first-order valence-electron chi connectivity index (χ1n) is 5.75. The molecule has 0 radical (unpaired) electrons. The SMILES string of the molecule is Cn1c(=O)n(Cc2nncs2)c(=O)c2cc(S)ccc21. The van der Waals surface area contributed by atoms with E-state index in [2.05, 4.69) is 22.8 Å². The predicted molar refractivity (Wildman–Crippen MR) is 79.7 cm³/mol. The Morgan fingerprint density at radius 2 is 2.15 bits per heavy atom. The third-order valence-electron chi connectivity index (χ3n) is 3.03. The van der Waals surface area contributed by atoms with Gasteiger partial charge >= 0.3 is 5.69 Å². The molecule has 1 aromatic carbocycles. The van der Waals surface area contributed by atoms with E-state index in [1.807, 2.05) is 0 Å². The number of rotatable bonds is 2. The summed E-state index contributed by atoms with van der Waals surface area (Å²) in [5.74, 6) is 0. The van der Waals surface area contributed by atoms with Crippen molar-refractivity contribution in [2.75, 3.05) is 0 Å². The van der Waals surface area contributed by atoms with Gasteiger partial charge in [0.2, 0.25) is 0 Å². The van der Waals surface area contributed by atoms with Crippen molar-refractivity contribution in [3.63, 3.8) is 0 Å². The Kier molecular flexibility index (Phi) is 3.19. The molecular formula is C12H10N4O2S2. The fourth-order valence-corrected chi connectivity index (χ4v) is 2.76. The first kappa shape index (κ1) is 13.1. The molecule has 0 atom stereocenters. The third kappa shape index (κ3) is 2.06. The van der Waals surface area contributed by atoms with Gasteiger partial charge < -0.3 is 0 Å². The Bertz CT molecular complexity index is 896. The quantitative estimate of drug-likeness (QED) is 0.714. The van der Waals surface area contributed by atoms with Gasteiger partial charge in [-0.05, 0) is 18.2 Å². The number of aryl methyl sites for hydroxylation is 1. The summed E-state index contributed by atoms with van der Waals surface area (Å²) in [6.45, 7) is 0.128. The van der Waals surface area contributed by atoms with Crippen molar-refractivity contribution in [1.29, 1.82) is 0 Å². The lowest BCUT2D eigenvalue weighted by Crippen LogP contribution is -2.39. The van der Waals surface area contributed by atoms with Gasteiger partial charge in [0, 0.05) is 11.9 Å². The molecule has 2 aromatic heterocycles. The van der Waals surface area contributed by atoms with E-state index in [1.165, 1.54) is 15.9 Å². The number of thiol groups is 1. The van der Waals surface area contributed by atoms with Crippen LogP contribution in [-0.2, 0) is 13.6 Å². The molecule has 0 fully saturated rings. The molecule has 0 unspecified atom stereocenters. The first-order chi connectivity index (χ1) is 9.58. The van der Waals surface area contributed by atoms with Gasteiger partial charge in [0.1, 0.15) is 10.5 Å². The Labute approximate surface area is 122 Å². The summed E-state index contributed by atoms with van der Waals surface area (Å²) < 4.78 is 2.61. The summed E-state index contributed by atoms with van der Waals surface area (Å²) in [7, 11) is 1.64. The minimum atomic E-state index is -0.371. The lowest BCUT2D eigenvalue weighted by molar-refractivity contribution is 0.654. The van der Waals surface area contributed by atoms with Crippen LogP contribution in [0, 0.1) is 0 Å². The van der Waals surface area contributed by atoms with Gasteiger partial charge in [-0.15, -0.1) is 34.2 Å². The average Bonchev–Trinajstić information content (AvgIpc) is 2.94. The lowest BCUT2D eigenvalue weighted by atomic mass is 10.2. The summed E-state index contributed by atoms with van der Waals surface area (Å²) in [4.78, 5) is 25.4. The number of nitrogens with zero attached hydrogens (tertiary/aromatic N) is 4. The molecule has 20 heavy (non-hydrogen) atoms. The van der Waals surface area contributed by atoms with Crippen LogP contribution in [0.4, 0.5) is 0 Å². The molecule has 0 saturated carbocycles. The minimum absolute atomic E-state index is 0.128. The molecule has 3 rings (SSSR count). The molecule has 0 aliphatic heterocycles. The van der Waals surface area contributed by atoms with E-state index >= 15 is 0 Å². The van der Waals surface area contributed by atoms with Crippen molar-refractivity contribution in [2.24, 2.45) is 7.05 Å². The predicted octanol–water partition coefficient (Wildman–Crippen LogP) is 0.889. The fourth-order valence-electron chi connectivity index (χ4n) is 2.04. The molecule has 8 heteroatoms. The Morgan fingerprint density at radius 3 is 2.85 bits per heavy atom. The minimum Gasteiger partial charge on any atom is -0.296 e. The largest absolute Gasteiger partial charge is 0.331 e. The van der Waals surface area contributed by atoms with Crippen LogP contribution in [0.5, 0.6) is 0 Å². The highest BCUT2D eigenvalue weighted by Gasteiger charge is 2.12. The highest BCUT2D eigenvalue weighted by molar-refractivity contribution is 7.80. The standard InChI is InChI=1S/C12H10N4O2S2/c1-15-9-3-2-7(19)4-8(9)11(17)16(12(15)18)5-10-14-13-6-20-10/h2-4,6,19H,5H2,1H3. The number of hydrogen-bond acceptors (Lipinski definition) is 6. The number of hydrogen-bond donors (Lipinski definition) is 1. The molecule has 2 heterocycles. The van der Waals surface area contributed by atoms with Crippen LogP contribution in [0.15, 0.2) is 38.2 Å². The summed E-state index contributed by atoms with van der Waals surface area (Å²) in [5.41, 5.74) is 1.45. The normalized spacial score (nSPS) is 11.1. The van der Waals surface area contributed by atoms with Gasteiger partial charge in [-0.3, -0.25) is 13.9 Å². The van der Waals surface area contributed by atoms with Gasteiger partial charge in [-0.25, -0.2) is 4.79 Å². The Morgan fingerprint density at radius 1 is 1.35 bits per heavy atom. The van der Waals surface area contributed by atoms with Crippen LogP contribution in [0.2, 0.25) is 0 Å².